The van der Waals surface area contributed by atoms with Crippen LogP contribution in [-0.4, -0.2) is 16.8 Å². The summed E-state index contributed by atoms with van der Waals surface area (Å²) in [6.07, 6.45) is 3.07. The monoisotopic (exact) mass is 441 g/mol. The van der Waals surface area contributed by atoms with E-state index in [1.807, 2.05) is 0 Å². The third-order valence-electron chi connectivity index (χ3n) is 4.74. The predicted octanol–water partition coefficient (Wildman–Crippen LogP) is 5.30. The Bertz CT molecular complexity index is 1260. The highest BCUT2D eigenvalue weighted by Crippen LogP contribution is 2.22. The number of hydrogen-bond donors (Lipinski definition) is 2. The van der Waals surface area contributed by atoms with Crippen molar-refractivity contribution in [2.24, 2.45) is 0 Å². The lowest BCUT2D eigenvalue weighted by Gasteiger charge is -2.13. The molecule has 0 atom stereocenters. The lowest BCUT2D eigenvalue weighted by Crippen LogP contribution is -2.15. The molecule has 0 radical (unpaired) electrons. The van der Waals surface area contributed by atoms with Gasteiger partial charge in [-0.2, -0.15) is 0 Å². The normalized spacial score (nSPS) is 10.3. The molecule has 1 heterocycles. The van der Waals surface area contributed by atoms with E-state index in [-0.39, 0.29) is 24.2 Å². The number of hydrogen-bond acceptors (Lipinski definition) is 4. The molecule has 2 amide bonds. The fourth-order valence-electron chi connectivity index (χ4n) is 3.10. The van der Waals surface area contributed by atoms with Crippen LogP contribution in [0.2, 0.25) is 0 Å². The molecular formula is C26H20FN3O3. The second kappa shape index (κ2) is 10.2. The van der Waals surface area contributed by atoms with Gasteiger partial charge in [0.15, 0.2) is 0 Å². The van der Waals surface area contributed by atoms with Crippen LogP contribution in [0.1, 0.15) is 26.3 Å². The number of para-hydroxylation sites is 1. The van der Waals surface area contributed by atoms with E-state index < -0.39 is 0 Å². The van der Waals surface area contributed by atoms with Crippen LogP contribution in [0.25, 0.3) is 0 Å². The molecule has 2 N–H and O–H groups in total. The molecule has 0 aliphatic rings. The van der Waals surface area contributed by atoms with E-state index in [0.717, 1.165) is 5.56 Å². The molecule has 0 spiro atoms. The number of halogens is 1. The van der Waals surface area contributed by atoms with Gasteiger partial charge in [0.25, 0.3) is 11.8 Å². The zero-order chi connectivity index (χ0) is 23.0. The smallest absolute Gasteiger partial charge is 0.259 e. The van der Waals surface area contributed by atoms with Crippen LogP contribution in [-0.2, 0) is 6.61 Å². The van der Waals surface area contributed by atoms with E-state index in [0.29, 0.717) is 28.3 Å². The molecule has 164 valence electrons. The van der Waals surface area contributed by atoms with Gasteiger partial charge in [-0.05, 0) is 60.2 Å². The van der Waals surface area contributed by atoms with Gasteiger partial charge in [0.2, 0.25) is 0 Å². The van der Waals surface area contributed by atoms with Crippen LogP contribution in [0.4, 0.5) is 15.8 Å². The molecule has 0 unspecified atom stereocenters. The predicted molar refractivity (Wildman–Crippen MR) is 124 cm³/mol. The Hall–Kier alpha value is -4.52. The summed E-state index contributed by atoms with van der Waals surface area (Å²) >= 11 is 0. The molecular weight excluding hydrogens is 421 g/mol. The summed E-state index contributed by atoms with van der Waals surface area (Å²) < 4.78 is 18.9. The van der Waals surface area contributed by atoms with Gasteiger partial charge < -0.3 is 15.4 Å². The van der Waals surface area contributed by atoms with Crippen LogP contribution in [0.15, 0.2) is 97.3 Å². The zero-order valence-corrected chi connectivity index (χ0v) is 17.5. The second-order valence-electron chi connectivity index (χ2n) is 7.14. The molecule has 6 nitrogen and oxygen atoms in total. The quantitative estimate of drug-likeness (QED) is 0.408. The van der Waals surface area contributed by atoms with E-state index in [4.69, 9.17) is 4.74 Å². The average Bonchev–Trinajstić information content (AvgIpc) is 2.84. The van der Waals surface area contributed by atoms with Crippen molar-refractivity contribution in [3.05, 3.63) is 120 Å². The number of benzene rings is 3. The largest absolute Gasteiger partial charge is 0.488 e. The minimum absolute atomic E-state index is 0.195. The molecule has 4 rings (SSSR count). The summed E-state index contributed by atoms with van der Waals surface area (Å²) in [6.45, 7) is 0.195. The zero-order valence-electron chi connectivity index (χ0n) is 17.5. The number of carbonyl (C=O) groups is 2. The Morgan fingerprint density at radius 1 is 0.818 bits per heavy atom. The summed E-state index contributed by atoms with van der Waals surface area (Å²) in [6, 6.07) is 23.0. The van der Waals surface area contributed by atoms with E-state index in [9.17, 15) is 14.0 Å². The van der Waals surface area contributed by atoms with Crippen molar-refractivity contribution in [3.63, 3.8) is 0 Å². The second-order valence-corrected chi connectivity index (χ2v) is 7.14. The van der Waals surface area contributed by atoms with E-state index >= 15 is 0 Å². The van der Waals surface area contributed by atoms with Crippen molar-refractivity contribution < 1.29 is 18.7 Å². The number of rotatable bonds is 7. The van der Waals surface area contributed by atoms with Crippen molar-refractivity contribution in [2.75, 3.05) is 10.6 Å². The Balaban J connectivity index is 1.43. The molecule has 0 aliphatic carbocycles. The lowest BCUT2D eigenvalue weighted by atomic mass is 10.1. The highest BCUT2D eigenvalue weighted by Gasteiger charge is 2.13. The fourth-order valence-corrected chi connectivity index (χ4v) is 3.10. The van der Waals surface area contributed by atoms with Gasteiger partial charge >= 0.3 is 0 Å². The SMILES string of the molecule is O=C(Nc1cccc(NC(=O)c2ccccc2OCc2ccc(F)cc2)c1)c1cccnc1. The van der Waals surface area contributed by atoms with Gasteiger partial charge in [-0.15, -0.1) is 0 Å². The van der Waals surface area contributed by atoms with Gasteiger partial charge in [-0.3, -0.25) is 14.6 Å². The number of nitrogens with zero attached hydrogens (tertiary/aromatic N) is 1. The van der Waals surface area contributed by atoms with Gasteiger partial charge in [0.05, 0.1) is 11.1 Å². The highest BCUT2D eigenvalue weighted by atomic mass is 19.1. The first kappa shape index (κ1) is 21.7. The minimum Gasteiger partial charge on any atom is -0.488 e. The number of ether oxygens (including phenoxy) is 1. The van der Waals surface area contributed by atoms with E-state index in [2.05, 4.69) is 15.6 Å². The Kier molecular flexibility index (Phi) is 6.70. The topological polar surface area (TPSA) is 80.3 Å². The number of anilines is 2. The van der Waals surface area contributed by atoms with Crippen molar-refractivity contribution in [3.8, 4) is 5.75 Å². The third-order valence-corrected chi connectivity index (χ3v) is 4.74. The molecule has 3 aromatic carbocycles. The van der Waals surface area contributed by atoms with Gasteiger partial charge in [0.1, 0.15) is 18.2 Å². The first-order chi connectivity index (χ1) is 16.1. The summed E-state index contributed by atoms with van der Waals surface area (Å²) in [7, 11) is 0. The standard InChI is InChI=1S/C26H20FN3O3/c27-20-12-10-18(11-13-20)17-33-24-9-2-1-8-23(24)26(32)30-22-7-3-6-21(15-22)29-25(31)19-5-4-14-28-16-19/h1-16H,17H2,(H,29,31)(H,30,32). The molecule has 1 aromatic heterocycles. The maximum Gasteiger partial charge on any atom is 0.259 e. The minimum atomic E-state index is -0.361. The molecule has 0 fully saturated rings. The summed E-state index contributed by atoms with van der Waals surface area (Å²) in [5.41, 5.74) is 2.60. The van der Waals surface area contributed by atoms with Crippen molar-refractivity contribution >= 4 is 23.2 Å². The molecule has 0 bridgehead atoms. The van der Waals surface area contributed by atoms with Gasteiger partial charge in [-0.25, -0.2) is 4.39 Å². The van der Waals surface area contributed by atoms with E-state index in [1.54, 1.807) is 79.0 Å². The van der Waals surface area contributed by atoms with Gasteiger partial charge in [-0.1, -0.05) is 30.3 Å². The highest BCUT2D eigenvalue weighted by molar-refractivity contribution is 6.07. The molecule has 0 saturated carbocycles. The number of nitrogens with one attached hydrogen (secondary N) is 2. The molecule has 0 aliphatic heterocycles. The Morgan fingerprint density at radius 3 is 2.27 bits per heavy atom. The average molecular weight is 441 g/mol. The number of amides is 2. The fraction of sp³-hybridized carbons (Fsp3) is 0.0385. The lowest BCUT2D eigenvalue weighted by molar-refractivity contribution is 0.101. The van der Waals surface area contributed by atoms with E-state index in [1.165, 1.54) is 18.3 Å². The number of pyridine rings is 1. The van der Waals surface area contributed by atoms with Crippen molar-refractivity contribution in [1.29, 1.82) is 0 Å². The van der Waals surface area contributed by atoms with Gasteiger partial charge in [0, 0.05) is 23.8 Å². The Labute approximate surface area is 190 Å². The van der Waals surface area contributed by atoms with Crippen LogP contribution in [0.5, 0.6) is 5.75 Å². The van der Waals surface area contributed by atoms with Crippen LogP contribution in [0.3, 0.4) is 0 Å². The molecule has 0 saturated heterocycles. The summed E-state index contributed by atoms with van der Waals surface area (Å²) in [5, 5.41) is 5.61. The first-order valence-corrected chi connectivity index (χ1v) is 10.2. The third kappa shape index (κ3) is 5.80. The Morgan fingerprint density at radius 2 is 1.55 bits per heavy atom. The number of carbonyl (C=O) groups excluding carboxylic acids is 2. The van der Waals surface area contributed by atoms with Crippen molar-refractivity contribution in [2.45, 2.75) is 6.61 Å². The molecule has 33 heavy (non-hydrogen) atoms. The summed E-state index contributed by atoms with van der Waals surface area (Å²) in [4.78, 5) is 29.2. The molecule has 7 heteroatoms. The van der Waals surface area contributed by atoms with Crippen molar-refractivity contribution in [1.82, 2.24) is 4.98 Å². The van der Waals surface area contributed by atoms with Crippen LogP contribution >= 0.6 is 0 Å². The van der Waals surface area contributed by atoms with Crippen LogP contribution in [0, 0.1) is 5.82 Å². The maximum atomic E-state index is 13.1. The summed E-state index contributed by atoms with van der Waals surface area (Å²) in [5.74, 6) is -0.579. The molecule has 4 aromatic rings. The first-order valence-electron chi connectivity index (χ1n) is 10.2. The number of aromatic nitrogens is 1. The van der Waals surface area contributed by atoms with Crippen LogP contribution < -0.4 is 15.4 Å². The maximum absolute atomic E-state index is 13.1.